The van der Waals surface area contributed by atoms with Gasteiger partial charge in [0.05, 0.1) is 11.2 Å². The summed E-state index contributed by atoms with van der Waals surface area (Å²) in [6.07, 6.45) is 0. The van der Waals surface area contributed by atoms with Crippen molar-refractivity contribution in [2.45, 2.75) is 6.92 Å². The molecule has 1 N–H and O–H groups in total. The zero-order chi connectivity index (χ0) is 15.5. The maximum absolute atomic E-state index is 13.7. The topological polar surface area (TPSA) is 37.3 Å². The van der Waals surface area contributed by atoms with Crippen molar-refractivity contribution in [2.24, 2.45) is 5.10 Å². The van der Waals surface area contributed by atoms with Crippen LogP contribution in [-0.4, -0.2) is 10.7 Å². The lowest BCUT2D eigenvalue weighted by Crippen LogP contribution is -2.03. The van der Waals surface area contributed by atoms with E-state index in [1.165, 1.54) is 12.1 Å². The summed E-state index contributed by atoms with van der Waals surface area (Å²) in [5.41, 5.74) is 4.29. The summed E-state index contributed by atoms with van der Waals surface area (Å²) in [5.74, 6) is -0.701. The first kappa shape index (κ1) is 14.1. The summed E-state index contributed by atoms with van der Waals surface area (Å²) < 4.78 is 26.6. The fourth-order valence-corrected chi connectivity index (χ4v) is 2.11. The van der Waals surface area contributed by atoms with E-state index in [4.69, 9.17) is 0 Å². The number of aromatic nitrogens is 1. The van der Waals surface area contributed by atoms with Gasteiger partial charge in [-0.05, 0) is 37.3 Å². The van der Waals surface area contributed by atoms with Gasteiger partial charge >= 0.3 is 0 Å². The molecule has 2 aromatic carbocycles. The predicted octanol–water partition coefficient (Wildman–Crippen LogP) is 4.35. The van der Waals surface area contributed by atoms with Crippen LogP contribution >= 0.6 is 0 Å². The number of anilines is 1. The maximum atomic E-state index is 13.7. The Labute approximate surface area is 126 Å². The van der Waals surface area contributed by atoms with E-state index in [-0.39, 0.29) is 5.56 Å². The molecule has 0 spiro atoms. The summed E-state index contributed by atoms with van der Waals surface area (Å²) in [4.78, 5) is 4.41. The molecule has 3 nitrogen and oxygen atoms in total. The highest BCUT2D eigenvalue weighted by molar-refractivity contribution is 5.99. The summed E-state index contributed by atoms with van der Waals surface area (Å²) >= 11 is 0. The van der Waals surface area contributed by atoms with Crippen LogP contribution < -0.4 is 5.43 Å². The van der Waals surface area contributed by atoms with Gasteiger partial charge in [0.15, 0.2) is 0 Å². The first-order valence-corrected chi connectivity index (χ1v) is 6.75. The smallest absolute Gasteiger partial charge is 0.146 e. The van der Waals surface area contributed by atoms with Crippen molar-refractivity contribution in [3.8, 4) is 0 Å². The normalized spacial score (nSPS) is 11.7. The van der Waals surface area contributed by atoms with Crippen molar-refractivity contribution in [3.63, 3.8) is 0 Å². The Bertz CT molecular complexity index is 859. The largest absolute Gasteiger partial charge is 0.261 e. The van der Waals surface area contributed by atoms with E-state index in [1.807, 2.05) is 30.3 Å². The zero-order valence-corrected chi connectivity index (χ0v) is 11.8. The van der Waals surface area contributed by atoms with Gasteiger partial charge in [0.25, 0.3) is 0 Å². The van der Waals surface area contributed by atoms with E-state index in [0.717, 1.165) is 17.0 Å². The third-order valence-corrected chi connectivity index (χ3v) is 3.26. The van der Waals surface area contributed by atoms with Crippen molar-refractivity contribution < 1.29 is 8.78 Å². The molecule has 3 aromatic rings. The number of hydrogen-bond acceptors (Lipinski definition) is 3. The Morgan fingerprint density at radius 1 is 1.05 bits per heavy atom. The average molecular weight is 297 g/mol. The number of fused-ring (bicyclic) bond motifs is 1. The van der Waals surface area contributed by atoms with Gasteiger partial charge in [0.2, 0.25) is 0 Å². The van der Waals surface area contributed by atoms with Crippen LogP contribution in [0.5, 0.6) is 0 Å². The Hall–Kier alpha value is -2.82. The fraction of sp³-hybridized carbons (Fsp3) is 0.0588. The lowest BCUT2D eigenvalue weighted by atomic mass is 10.1. The van der Waals surface area contributed by atoms with Gasteiger partial charge < -0.3 is 0 Å². The van der Waals surface area contributed by atoms with Crippen LogP contribution in [0.2, 0.25) is 0 Å². The monoisotopic (exact) mass is 297 g/mol. The fourth-order valence-electron chi connectivity index (χ4n) is 2.11. The average Bonchev–Trinajstić information content (AvgIpc) is 2.52. The highest BCUT2D eigenvalue weighted by Crippen LogP contribution is 2.15. The van der Waals surface area contributed by atoms with Crippen LogP contribution in [0.3, 0.4) is 0 Å². The minimum Gasteiger partial charge on any atom is -0.261 e. The molecule has 5 heteroatoms. The number of benzene rings is 2. The molecule has 0 aliphatic carbocycles. The lowest BCUT2D eigenvalue weighted by Gasteiger charge is -2.05. The molecule has 3 rings (SSSR count). The molecule has 22 heavy (non-hydrogen) atoms. The molecule has 0 aliphatic heterocycles. The quantitative estimate of drug-likeness (QED) is 0.576. The predicted molar refractivity (Wildman–Crippen MR) is 83.9 cm³/mol. The Kier molecular flexibility index (Phi) is 3.78. The molecule has 0 saturated heterocycles. The second-order valence-corrected chi connectivity index (χ2v) is 4.82. The van der Waals surface area contributed by atoms with Crippen LogP contribution in [0.4, 0.5) is 14.6 Å². The number of rotatable bonds is 3. The number of nitrogens with zero attached hydrogens (tertiary/aromatic N) is 2. The number of para-hydroxylation sites is 1. The number of pyridine rings is 1. The van der Waals surface area contributed by atoms with E-state index in [9.17, 15) is 8.78 Å². The molecule has 0 unspecified atom stereocenters. The number of halogens is 2. The van der Waals surface area contributed by atoms with Gasteiger partial charge in [-0.25, -0.2) is 13.8 Å². The van der Waals surface area contributed by atoms with E-state index >= 15 is 0 Å². The molecule has 0 amide bonds. The van der Waals surface area contributed by atoms with Gasteiger partial charge in [-0.1, -0.05) is 18.2 Å². The Morgan fingerprint density at radius 2 is 1.86 bits per heavy atom. The molecule has 1 aromatic heterocycles. The lowest BCUT2D eigenvalue weighted by molar-refractivity contribution is 0.581. The molecule has 110 valence electrons. The molecule has 0 aliphatic rings. The van der Waals surface area contributed by atoms with E-state index in [1.54, 1.807) is 13.0 Å². The van der Waals surface area contributed by atoms with Crippen molar-refractivity contribution in [2.75, 3.05) is 5.43 Å². The van der Waals surface area contributed by atoms with Crippen molar-refractivity contribution in [3.05, 3.63) is 71.8 Å². The standard InChI is InChI=1S/C17H13F2N3/c1-11(14-8-7-13(18)10-15(14)19)21-22-17-9-6-12-4-2-3-5-16(12)20-17/h2-10H,1H3,(H,20,22)/b21-11+. The second kappa shape index (κ2) is 5.89. The van der Waals surface area contributed by atoms with Gasteiger partial charge in [0, 0.05) is 17.0 Å². The van der Waals surface area contributed by atoms with Gasteiger partial charge in [-0.2, -0.15) is 5.10 Å². The number of hydrazone groups is 1. The molecule has 0 saturated carbocycles. The molecule has 0 atom stereocenters. The van der Waals surface area contributed by atoms with Crippen molar-refractivity contribution in [1.82, 2.24) is 4.98 Å². The van der Waals surface area contributed by atoms with E-state index < -0.39 is 11.6 Å². The summed E-state index contributed by atoms with van der Waals surface area (Å²) in [6, 6.07) is 14.8. The summed E-state index contributed by atoms with van der Waals surface area (Å²) in [5, 5.41) is 5.13. The molecule has 0 bridgehead atoms. The first-order valence-electron chi connectivity index (χ1n) is 6.75. The molecule has 1 heterocycles. The first-order chi connectivity index (χ1) is 10.6. The molecule has 0 radical (unpaired) electrons. The maximum Gasteiger partial charge on any atom is 0.146 e. The molecular formula is C17H13F2N3. The number of nitrogens with one attached hydrogen (secondary N) is 1. The van der Waals surface area contributed by atoms with Crippen molar-refractivity contribution in [1.29, 1.82) is 0 Å². The Morgan fingerprint density at radius 3 is 2.68 bits per heavy atom. The Balaban J connectivity index is 1.85. The number of hydrogen-bond donors (Lipinski definition) is 1. The highest BCUT2D eigenvalue weighted by Gasteiger charge is 2.06. The van der Waals surface area contributed by atoms with E-state index in [2.05, 4.69) is 15.5 Å². The minimum absolute atomic E-state index is 0.245. The van der Waals surface area contributed by atoms with Gasteiger partial charge in [-0.3, -0.25) is 5.43 Å². The van der Waals surface area contributed by atoms with Gasteiger partial charge in [-0.15, -0.1) is 0 Å². The zero-order valence-electron chi connectivity index (χ0n) is 11.8. The van der Waals surface area contributed by atoms with Crippen molar-refractivity contribution >= 4 is 22.4 Å². The molecular weight excluding hydrogens is 284 g/mol. The SMILES string of the molecule is C/C(=N\Nc1ccc2ccccc2n1)c1ccc(F)cc1F. The minimum atomic E-state index is -0.644. The van der Waals surface area contributed by atoms with Crippen LogP contribution in [0.1, 0.15) is 12.5 Å². The third-order valence-electron chi connectivity index (χ3n) is 3.26. The van der Waals surface area contributed by atoms with Crippen LogP contribution in [0, 0.1) is 11.6 Å². The molecule has 0 fully saturated rings. The van der Waals surface area contributed by atoms with Crippen LogP contribution in [0.25, 0.3) is 10.9 Å². The van der Waals surface area contributed by atoms with E-state index in [0.29, 0.717) is 11.5 Å². The highest BCUT2D eigenvalue weighted by atomic mass is 19.1. The summed E-state index contributed by atoms with van der Waals surface area (Å²) in [6.45, 7) is 1.64. The summed E-state index contributed by atoms with van der Waals surface area (Å²) in [7, 11) is 0. The third kappa shape index (κ3) is 2.93. The van der Waals surface area contributed by atoms with Gasteiger partial charge in [0.1, 0.15) is 17.5 Å². The van der Waals surface area contributed by atoms with Crippen LogP contribution in [0.15, 0.2) is 59.7 Å². The van der Waals surface area contributed by atoms with Crippen LogP contribution in [-0.2, 0) is 0 Å². The second-order valence-electron chi connectivity index (χ2n) is 4.82.